The topological polar surface area (TPSA) is 85.6 Å². The summed E-state index contributed by atoms with van der Waals surface area (Å²) in [7, 11) is 3.59. The molecule has 0 fully saturated rings. The maximum absolute atomic E-state index is 6.00. The fraction of sp³-hybridized carbons (Fsp3) is 0.550. The minimum Gasteiger partial charge on any atom is -0.493 e. The first-order valence-corrected chi connectivity index (χ1v) is 9.71. The Labute approximate surface area is 167 Å². The molecule has 0 saturated heterocycles. The van der Waals surface area contributed by atoms with Gasteiger partial charge in [-0.15, -0.1) is 10.2 Å². The lowest BCUT2D eigenvalue weighted by molar-refractivity contribution is 0.213. The van der Waals surface area contributed by atoms with E-state index in [1.54, 1.807) is 7.11 Å². The number of benzene rings is 1. The summed E-state index contributed by atoms with van der Waals surface area (Å²) in [4.78, 5) is 4.64. The minimum absolute atomic E-state index is 0.0634. The molecule has 8 nitrogen and oxygen atoms in total. The number of ether oxygens (including phenoxy) is 2. The molecule has 1 aromatic carbocycles. The van der Waals surface area contributed by atoms with E-state index in [-0.39, 0.29) is 6.10 Å². The van der Waals surface area contributed by atoms with Gasteiger partial charge in [-0.2, -0.15) is 0 Å². The third kappa shape index (κ3) is 6.44. The molecule has 0 bridgehead atoms. The Bertz CT molecular complexity index is 759. The molecule has 1 atom stereocenters. The van der Waals surface area contributed by atoms with Crippen molar-refractivity contribution in [3.05, 3.63) is 35.9 Å². The van der Waals surface area contributed by atoms with E-state index in [1.165, 1.54) is 0 Å². The Balaban J connectivity index is 1.95. The van der Waals surface area contributed by atoms with Crippen molar-refractivity contribution >= 4 is 5.96 Å². The standard InChI is InChI=1S/C20H32N6O2/c1-6-7-12-21-20(23-14-19-25-24-16(3)26(19)4)22-13-15(2)28-18-11-9-8-10-17(18)27-5/h8-11,15H,6-7,12-14H2,1-5H3,(H2,21,22,23). The lowest BCUT2D eigenvalue weighted by Crippen LogP contribution is -2.42. The molecule has 0 spiro atoms. The zero-order chi connectivity index (χ0) is 20.4. The Morgan fingerprint density at radius 3 is 2.61 bits per heavy atom. The van der Waals surface area contributed by atoms with E-state index in [9.17, 15) is 0 Å². The third-order valence-corrected chi connectivity index (χ3v) is 4.34. The molecule has 0 aliphatic carbocycles. The molecule has 2 N–H and O–H groups in total. The maximum atomic E-state index is 6.00. The van der Waals surface area contributed by atoms with Gasteiger partial charge in [0.25, 0.3) is 0 Å². The van der Waals surface area contributed by atoms with Crippen molar-refractivity contribution < 1.29 is 9.47 Å². The molecule has 0 aliphatic heterocycles. The number of aryl methyl sites for hydroxylation is 1. The number of unbranched alkanes of at least 4 members (excludes halogenated alkanes) is 1. The predicted molar refractivity (Wildman–Crippen MR) is 111 cm³/mol. The van der Waals surface area contributed by atoms with Crippen molar-refractivity contribution in [3.63, 3.8) is 0 Å². The van der Waals surface area contributed by atoms with Gasteiger partial charge in [0, 0.05) is 13.6 Å². The molecule has 0 aliphatic rings. The van der Waals surface area contributed by atoms with Gasteiger partial charge in [-0.1, -0.05) is 25.5 Å². The second-order valence-corrected chi connectivity index (χ2v) is 6.63. The maximum Gasteiger partial charge on any atom is 0.191 e. The van der Waals surface area contributed by atoms with Crippen LogP contribution in [0.4, 0.5) is 0 Å². The fourth-order valence-electron chi connectivity index (χ4n) is 2.51. The summed E-state index contributed by atoms with van der Waals surface area (Å²) in [6.07, 6.45) is 2.14. The smallest absolute Gasteiger partial charge is 0.191 e. The SMILES string of the molecule is CCCCNC(=NCc1nnc(C)n1C)NCC(C)Oc1ccccc1OC. The minimum atomic E-state index is -0.0634. The number of rotatable bonds is 10. The highest BCUT2D eigenvalue weighted by Gasteiger charge is 2.10. The molecule has 1 heterocycles. The Morgan fingerprint density at radius 1 is 1.21 bits per heavy atom. The quantitative estimate of drug-likeness (QED) is 0.369. The van der Waals surface area contributed by atoms with Crippen LogP contribution >= 0.6 is 0 Å². The molecule has 1 aromatic heterocycles. The van der Waals surface area contributed by atoms with Crippen LogP contribution in [0.1, 0.15) is 38.3 Å². The van der Waals surface area contributed by atoms with Crippen molar-refractivity contribution in [2.24, 2.45) is 12.0 Å². The molecule has 8 heteroatoms. The number of aromatic nitrogens is 3. The van der Waals surface area contributed by atoms with E-state index in [2.05, 4.69) is 32.7 Å². The molecule has 0 amide bonds. The van der Waals surface area contributed by atoms with Gasteiger partial charge in [0.1, 0.15) is 18.5 Å². The van der Waals surface area contributed by atoms with E-state index >= 15 is 0 Å². The third-order valence-electron chi connectivity index (χ3n) is 4.34. The molecule has 2 rings (SSSR count). The number of hydrogen-bond acceptors (Lipinski definition) is 5. The molecule has 0 radical (unpaired) electrons. The molecular weight excluding hydrogens is 356 g/mol. The van der Waals surface area contributed by atoms with Crippen molar-refractivity contribution in [2.45, 2.75) is 46.3 Å². The summed E-state index contributed by atoms with van der Waals surface area (Å²) >= 11 is 0. The highest BCUT2D eigenvalue weighted by molar-refractivity contribution is 5.79. The van der Waals surface area contributed by atoms with Gasteiger partial charge in [0.2, 0.25) is 0 Å². The van der Waals surface area contributed by atoms with Gasteiger partial charge >= 0.3 is 0 Å². The number of para-hydroxylation sites is 2. The van der Waals surface area contributed by atoms with Crippen molar-refractivity contribution in [3.8, 4) is 11.5 Å². The number of nitrogens with one attached hydrogen (secondary N) is 2. The van der Waals surface area contributed by atoms with E-state index in [0.717, 1.165) is 48.5 Å². The summed E-state index contributed by atoms with van der Waals surface area (Å²) in [5, 5.41) is 15.0. The van der Waals surface area contributed by atoms with Crippen LogP contribution in [0.5, 0.6) is 11.5 Å². The lowest BCUT2D eigenvalue weighted by atomic mass is 10.3. The van der Waals surface area contributed by atoms with Crippen molar-refractivity contribution in [1.82, 2.24) is 25.4 Å². The average Bonchev–Trinajstić information content (AvgIpc) is 3.02. The van der Waals surface area contributed by atoms with Crippen LogP contribution in [0, 0.1) is 6.92 Å². The van der Waals surface area contributed by atoms with Crippen molar-refractivity contribution in [2.75, 3.05) is 20.2 Å². The number of guanidine groups is 1. The molecular formula is C20H32N6O2. The first kappa shape index (κ1) is 21.5. The molecule has 28 heavy (non-hydrogen) atoms. The van der Waals surface area contributed by atoms with Gasteiger partial charge in [-0.25, -0.2) is 4.99 Å². The molecule has 0 saturated carbocycles. The largest absolute Gasteiger partial charge is 0.493 e. The Hall–Kier alpha value is -2.77. The zero-order valence-electron chi connectivity index (χ0n) is 17.5. The highest BCUT2D eigenvalue weighted by atomic mass is 16.5. The van der Waals surface area contributed by atoms with Crippen LogP contribution in [-0.4, -0.2) is 47.0 Å². The van der Waals surface area contributed by atoms with Crippen LogP contribution in [0.2, 0.25) is 0 Å². The van der Waals surface area contributed by atoms with Crippen molar-refractivity contribution in [1.29, 1.82) is 0 Å². The lowest BCUT2D eigenvalue weighted by Gasteiger charge is -2.19. The summed E-state index contributed by atoms with van der Waals surface area (Å²) in [5.74, 6) is 3.89. The summed E-state index contributed by atoms with van der Waals surface area (Å²) < 4.78 is 13.3. The Kier molecular flexibility index (Phi) is 8.58. The van der Waals surface area contributed by atoms with Crippen LogP contribution in [0.3, 0.4) is 0 Å². The van der Waals surface area contributed by atoms with E-state index in [4.69, 9.17) is 9.47 Å². The number of nitrogens with zero attached hydrogens (tertiary/aromatic N) is 4. The summed E-state index contributed by atoms with van der Waals surface area (Å²) in [5.41, 5.74) is 0. The number of aliphatic imine (C=N–C) groups is 1. The fourth-order valence-corrected chi connectivity index (χ4v) is 2.51. The van der Waals surface area contributed by atoms with Crippen LogP contribution < -0.4 is 20.1 Å². The first-order valence-electron chi connectivity index (χ1n) is 9.71. The average molecular weight is 389 g/mol. The highest BCUT2D eigenvalue weighted by Crippen LogP contribution is 2.26. The molecule has 154 valence electrons. The molecule has 1 unspecified atom stereocenters. The van der Waals surface area contributed by atoms with E-state index in [1.807, 2.05) is 49.7 Å². The second kappa shape index (κ2) is 11.2. The summed E-state index contributed by atoms with van der Waals surface area (Å²) in [6.45, 7) is 8.03. The van der Waals surface area contributed by atoms with Gasteiger partial charge < -0.3 is 24.7 Å². The summed E-state index contributed by atoms with van der Waals surface area (Å²) in [6, 6.07) is 7.64. The van der Waals surface area contributed by atoms with Crippen LogP contribution in [0.15, 0.2) is 29.3 Å². The second-order valence-electron chi connectivity index (χ2n) is 6.63. The van der Waals surface area contributed by atoms with Gasteiger partial charge in [0.05, 0.1) is 13.7 Å². The van der Waals surface area contributed by atoms with E-state index < -0.39 is 0 Å². The normalized spacial score (nSPS) is 12.5. The molecule has 2 aromatic rings. The van der Waals surface area contributed by atoms with Gasteiger partial charge in [0.15, 0.2) is 23.3 Å². The predicted octanol–water partition coefficient (Wildman–Crippen LogP) is 2.43. The number of methoxy groups -OCH3 is 1. The van der Waals surface area contributed by atoms with Gasteiger partial charge in [-0.05, 0) is 32.4 Å². The monoisotopic (exact) mass is 388 g/mol. The van der Waals surface area contributed by atoms with Crippen LogP contribution in [-0.2, 0) is 13.6 Å². The Morgan fingerprint density at radius 2 is 1.96 bits per heavy atom. The van der Waals surface area contributed by atoms with Crippen LogP contribution in [0.25, 0.3) is 0 Å². The number of hydrogen-bond donors (Lipinski definition) is 2. The van der Waals surface area contributed by atoms with Gasteiger partial charge in [-0.3, -0.25) is 0 Å². The first-order chi connectivity index (χ1) is 13.5. The van der Waals surface area contributed by atoms with E-state index in [0.29, 0.717) is 13.1 Å². The zero-order valence-corrected chi connectivity index (χ0v) is 17.5.